The van der Waals surface area contributed by atoms with Crippen molar-refractivity contribution in [1.82, 2.24) is 16.0 Å². The number of hydrogen-bond acceptors (Lipinski definition) is 4. The van der Waals surface area contributed by atoms with Gasteiger partial charge >= 0.3 is 6.09 Å². The lowest BCUT2D eigenvalue weighted by Gasteiger charge is -2.35. The Morgan fingerprint density at radius 3 is 2.33 bits per heavy atom. The number of rotatable bonds is 6. The molecule has 3 unspecified atom stereocenters. The second-order valence-electron chi connectivity index (χ2n) is 8.40. The SMILES string of the molecule is CCC(CC)(CNC(=NC)NC1CC2CCC1O2)NC(=O)OC(C)(C)C.I. The third kappa shape index (κ3) is 6.96. The molecule has 3 N–H and O–H groups in total. The van der Waals surface area contributed by atoms with E-state index in [1.807, 2.05) is 20.8 Å². The van der Waals surface area contributed by atoms with Crippen LogP contribution in [0, 0.1) is 0 Å². The van der Waals surface area contributed by atoms with Crippen LogP contribution in [0.25, 0.3) is 0 Å². The molecular weight excluding hydrogens is 459 g/mol. The van der Waals surface area contributed by atoms with Crippen LogP contribution >= 0.6 is 24.0 Å². The molecule has 0 aromatic carbocycles. The lowest BCUT2D eigenvalue weighted by molar-refractivity contribution is 0.0448. The van der Waals surface area contributed by atoms with Crippen LogP contribution in [0.3, 0.4) is 0 Å². The van der Waals surface area contributed by atoms with Gasteiger partial charge in [-0.05, 0) is 52.9 Å². The predicted molar refractivity (Wildman–Crippen MR) is 119 cm³/mol. The molecule has 3 atom stereocenters. The first-order chi connectivity index (χ1) is 12.2. The van der Waals surface area contributed by atoms with Crippen molar-refractivity contribution in [2.45, 2.75) is 96.1 Å². The highest BCUT2D eigenvalue weighted by Gasteiger charge is 2.41. The topological polar surface area (TPSA) is 84.0 Å². The smallest absolute Gasteiger partial charge is 0.408 e. The summed E-state index contributed by atoms with van der Waals surface area (Å²) in [6.07, 6.45) is 5.22. The molecule has 0 saturated carbocycles. The average Bonchev–Trinajstić information content (AvgIpc) is 3.18. The van der Waals surface area contributed by atoms with Gasteiger partial charge in [0.05, 0.1) is 23.8 Å². The number of alkyl carbamates (subject to hydrolysis) is 1. The first-order valence-corrected chi connectivity index (χ1v) is 9.84. The van der Waals surface area contributed by atoms with Crippen LogP contribution in [0.15, 0.2) is 4.99 Å². The maximum Gasteiger partial charge on any atom is 0.408 e. The number of guanidine groups is 1. The van der Waals surface area contributed by atoms with Gasteiger partial charge < -0.3 is 25.4 Å². The molecule has 2 heterocycles. The first-order valence-electron chi connectivity index (χ1n) is 9.84. The van der Waals surface area contributed by atoms with Crippen LogP contribution in [0.2, 0.25) is 0 Å². The van der Waals surface area contributed by atoms with E-state index in [1.54, 1.807) is 7.05 Å². The van der Waals surface area contributed by atoms with E-state index in [0.717, 1.165) is 31.6 Å². The normalized spacial score (nSPS) is 25.0. The molecule has 2 saturated heterocycles. The number of carbonyl (C=O) groups excluding carboxylic acids is 1. The maximum absolute atomic E-state index is 12.2. The van der Waals surface area contributed by atoms with Gasteiger partial charge in [0.1, 0.15) is 5.60 Å². The van der Waals surface area contributed by atoms with Crippen molar-refractivity contribution in [3.05, 3.63) is 0 Å². The Morgan fingerprint density at radius 1 is 1.22 bits per heavy atom. The number of carbonyl (C=O) groups is 1. The summed E-state index contributed by atoms with van der Waals surface area (Å²) in [5, 5.41) is 9.91. The Morgan fingerprint density at radius 2 is 1.89 bits per heavy atom. The highest BCUT2D eigenvalue weighted by atomic mass is 127. The molecule has 0 aromatic rings. The Balaban J connectivity index is 0.00000364. The zero-order chi connectivity index (χ0) is 19.4. The van der Waals surface area contributed by atoms with E-state index < -0.39 is 5.60 Å². The minimum absolute atomic E-state index is 0. The molecule has 2 aliphatic heterocycles. The second-order valence-corrected chi connectivity index (χ2v) is 8.40. The van der Waals surface area contributed by atoms with Gasteiger partial charge in [0, 0.05) is 13.6 Å². The van der Waals surface area contributed by atoms with E-state index in [2.05, 4.69) is 34.8 Å². The zero-order valence-corrected chi connectivity index (χ0v) is 19.9. The van der Waals surface area contributed by atoms with Crippen LogP contribution in [-0.4, -0.2) is 55.0 Å². The van der Waals surface area contributed by atoms with Gasteiger partial charge in [0.2, 0.25) is 0 Å². The Labute approximate surface area is 180 Å². The standard InChI is InChI=1S/C19H36N4O3.HI/c1-7-19(8-2,23-17(24)26-18(3,4)5)12-21-16(20-6)22-14-11-13-9-10-15(14)25-13;/h13-15H,7-12H2,1-6H3,(H,23,24)(H2,20,21,22);1H. The number of ether oxygens (including phenoxy) is 2. The molecule has 2 rings (SSSR count). The summed E-state index contributed by atoms with van der Waals surface area (Å²) in [5.41, 5.74) is -0.894. The minimum atomic E-state index is -0.510. The van der Waals surface area contributed by atoms with E-state index in [-0.39, 0.29) is 35.6 Å². The summed E-state index contributed by atoms with van der Waals surface area (Å²) in [4.78, 5) is 16.6. The third-order valence-electron chi connectivity index (χ3n) is 5.37. The fourth-order valence-electron chi connectivity index (χ4n) is 3.65. The van der Waals surface area contributed by atoms with Crippen LogP contribution < -0.4 is 16.0 Å². The maximum atomic E-state index is 12.2. The van der Waals surface area contributed by atoms with Gasteiger partial charge in [-0.25, -0.2) is 4.79 Å². The number of halogens is 1. The van der Waals surface area contributed by atoms with Crippen LogP contribution in [0.4, 0.5) is 4.79 Å². The molecule has 7 nitrogen and oxygen atoms in total. The Kier molecular flexibility index (Phi) is 9.11. The van der Waals surface area contributed by atoms with E-state index in [9.17, 15) is 4.79 Å². The molecule has 8 heteroatoms. The predicted octanol–water partition coefficient (Wildman–Crippen LogP) is 3.17. The molecule has 2 aliphatic rings. The fourth-order valence-corrected chi connectivity index (χ4v) is 3.65. The summed E-state index contributed by atoms with van der Waals surface area (Å²) in [6, 6.07) is 0.316. The van der Waals surface area contributed by atoms with Crippen molar-refractivity contribution in [3.8, 4) is 0 Å². The van der Waals surface area contributed by atoms with E-state index in [1.165, 1.54) is 6.42 Å². The summed E-state index contributed by atoms with van der Waals surface area (Å²) >= 11 is 0. The number of nitrogens with zero attached hydrogens (tertiary/aromatic N) is 1. The van der Waals surface area contributed by atoms with Crippen molar-refractivity contribution in [1.29, 1.82) is 0 Å². The Bertz CT molecular complexity index is 518. The molecule has 158 valence electrons. The molecule has 0 radical (unpaired) electrons. The van der Waals surface area contributed by atoms with Crippen molar-refractivity contribution >= 4 is 36.0 Å². The fraction of sp³-hybridized carbons (Fsp3) is 0.895. The molecule has 2 fully saturated rings. The van der Waals surface area contributed by atoms with Crippen molar-refractivity contribution in [3.63, 3.8) is 0 Å². The summed E-state index contributed by atoms with van der Waals surface area (Å²) in [5.74, 6) is 0.753. The monoisotopic (exact) mass is 496 g/mol. The lowest BCUT2D eigenvalue weighted by Crippen LogP contribution is -2.58. The lowest BCUT2D eigenvalue weighted by atomic mass is 9.93. The van der Waals surface area contributed by atoms with E-state index in [0.29, 0.717) is 24.8 Å². The molecule has 1 amide bonds. The van der Waals surface area contributed by atoms with Crippen LogP contribution in [0.1, 0.15) is 66.7 Å². The molecule has 2 bridgehead atoms. The summed E-state index contributed by atoms with van der Waals surface area (Å²) < 4.78 is 11.3. The molecule has 0 aliphatic carbocycles. The van der Waals surface area contributed by atoms with Crippen molar-refractivity contribution in [2.75, 3.05) is 13.6 Å². The van der Waals surface area contributed by atoms with Gasteiger partial charge in [-0.1, -0.05) is 13.8 Å². The minimum Gasteiger partial charge on any atom is -0.444 e. The molecule has 0 aromatic heterocycles. The quantitative estimate of drug-likeness (QED) is 0.299. The molecule has 0 spiro atoms. The highest BCUT2D eigenvalue weighted by Crippen LogP contribution is 2.34. The van der Waals surface area contributed by atoms with Crippen molar-refractivity contribution in [2.24, 2.45) is 4.99 Å². The van der Waals surface area contributed by atoms with Crippen molar-refractivity contribution < 1.29 is 14.3 Å². The van der Waals surface area contributed by atoms with E-state index >= 15 is 0 Å². The van der Waals surface area contributed by atoms with Crippen LogP contribution in [0.5, 0.6) is 0 Å². The zero-order valence-electron chi connectivity index (χ0n) is 17.6. The number of aliphatic imine (C=N–C) groups is 1. The first kappa shape index (κ1) is 24.3. The molecule has 27 heavy (non-hydrogen) atoms. The number of hydrogen-bond donors (Lipinski definition) is 3. The van der Waals surface area contributed by atoms with Gasteiger partial charge in [0.25, 0.3) is 0 Å². The second kappa shape index (κ2) is 10.1. The number of fused-ring (bicyclic) bond motifs is 2. The van der Waals surface area contributed by atoms with E-state index in [4.69, 9.17) is 9.47 Å². The van der Waals surface area contributed by atoms with Gasteiger partial charge in [-0.15, -0.1) is 24.0 Å². The van der Waals surface area contributed by atoms with Crippen LogP contribution in [-0.2, 0) is 9.47 Å². The third-order valence-corrected chi connectivity index (χ3v) is 5.37. The number of amides is 1. The summed E-state index contributed by atoms with van der Waals surface area (Å²) in [6.45, 7) is 10.3. The summed E-state index contributed by atoms with van der Waals surface area (Å²) in [7, 11) is 1.77. The Hall–Kier alpha value is -0.770. The van der Waals surface area contributed by atoms with Gasteiger partial charge in [0.15, 0.2) is 5.96 Å². The van der Waals surface area contributed by atoms with Gasteiger partial charge in [-0.3, -0.25) is 4.99 Å². The number of nitrogens with one attached hydrogen (secondary N) is 3. The average molecular weight is 496 g/mol. The molecular formula is C19H37IN4O3. The largest absolute Gasteiger partial charge is 0.444 e. The highest BCUT2D eigenvalue weighted by molar-refractivity contribution is 14.0. The van der Waals surface area contributed by atoms with Gasteiger partial charge in [-0.2, -0.15) is 0 Å².